The monoisotopic (exact) mass is 212 g/mol. The molecule has 2 rings (SSSR count). The molecule has 0 bridgehead atoms. The molecule has 0 unspecified atom stereocenters. The molecule has 0 aromatic rings. The molecule has 2 saturated heterocycles. The number of hydrogen-bond donors (Lipinski definition) is 2. The lowest BCUT2D eigenvalue weighted by Gasteiger charge is -2.34. The molecule has 0 aliphatic carbocycles. The summed E-state index contributed by atoms with van der Waals surface area (Å²) in [6, 6.07) is 0. The summed E-state index contributed by atoms with van der Waals surface area (Å²) >= 11 is 0. The van der Waals surface area contributed by atoms with E-state index in [-0.39, 0.29) is 0 Å². The molecule has 0 amide bonds. The second-order valence-electron chi connectivity index (χ2n) is 5.12. The van der Waals surface area contributed by atoms with E-state index in [0.29, 0.717) is 12.5 Å². The van der Waals surface area contributed by atoms with Gasteiger partial charge in [-0.3, -0.25) is 0 Å². The van der Waals surface area contributed by atoms with Crippen LogP contribution in [0, 0.1) is 11.8 Å². The normalized spacial score (nSPS) is 27.0. The van der Waals surface area contributed by atoms with Crippen LogP contribution in [0.1, 0.15) is 25.7 Å². The van der Waals surface area contributed by atoms with Gasteiger partial charge in [-0.1, -0.05) is 0 Å². The average molecular weight is 212 g/mol. The first kappa shape index (κ1) is 11.4. The highest BCUT2D eigenvalue weighted by Gasteiger charge is 2.21. The quantitative estimate of drug-likeness (QED) is 0.722. The lowest BCUT2D eigenvalue weighted by atomic mass is 9.94. The maximum Gasteiger partial charge on any atom is 0.0460 e. The van der Waals surface area contributed by atoms with Crippen molar-refractivity contribution in [2.75, 3.05) is 39.3 Å². The summed E-state index contributed by atoms with van der Waals surface area (Å²) in [5.74, 6) is 1.49. The average Bonchev–Trinajstić information content (AvgIpc) is 2.31. The van der Waals surface area contributed by atoms with Gasteiger partial charge in [0.1, 0.15) is 0 Å². The van der Waals surface area contributed by atoms with Crippen LogP contribution >= 0.6 is 0 Å². The minimum atomic E-state index is 0.390. The molecular formula is C12H24N2O. The Morgan fingerprint density at radius 2 is 1.67 bits per heavy atom. The fraction of sp³-hybridized carbons (Fsp3) is 1.00. The SMILES string of the molecule is OCC1CCN(CC2CCNCC2)CC1. The molecule has 88 valence electrons. The Bertz CT molecular complexity index is 172. The van der Waals surface area contributed by atoms with E-state index in [1.54, 1.807) is 0 Å². The van der Waals surface area contributed by atoms with E-state index in [1.165, 1.54) is 58.4 Å². The van der Waals surface area contributed by atoms with E-state index >= 15 is 0 Å². The van der Waals surface area contributed by atoms with Gasteiger partial charge in [-0.15, -0.1) is 0 Å². The smallest absolute Gasteiger partial charge is 0.0460 e. The molecule has 2 heterocycles. The molecular weight excluding hydrogens is 188 g/mol. The number of nitrogens with one attached hydrogen (secondary N) is 1. The fourth-order valence-electron chi connectivity index (χ4n) is 2.78. The lowest BCUT2D eigenvalue weighted by molar-refractivity contribution is 0.114. The summed E-state index contributed by atoms with van der Waals surface area (Å²) in [5, 5.41) is 12.5. The van der Waals surface area contributed by atoms with Crippen LogP contribution in [0.2, 0.25) is 0 Å². The van der Waals surface area contributed by atoms with Crippen molar-refractivity contribution in [2.24, 2.45) is 11.8 Å². The molecule has 3 nitrogen and oxygen atoms in total. The van der Waals surface area contributed by atoms with Crippen LogP contribution in [-0.4, -0.2) is 49.3 Å². The minimum absolute atomic E-state index is 0.390. The van der Waals surface area contributed by atoms with Gasteiger partial charge in [0, 0.05) is 13.2 Å². The van der Waals surface area contributed by atoms with Gasteiger partial charge in [0.05, 0.1) is 0 Å². The lowest BCUT2D eigenvalue weighted by Crippen LogP contribution is -2.40. The van der Waals surface area contributed by atoms with Crippen molar-refractivity contribution >= 4 is 0 Å². The van der Waals surface area contributed by atoms with Crippen LogP contribution < -0.4 is 5.32 Å². The maximum absolute atomic E-state index is 9.07. The largest absolute Gasteiger partial charge is 0.396 e. The highest BCUT2D eigenvalue weighted by molar-refractivity contribution is 4.76. The van der Waals surface area contributed by atoms with Gasteiger partial charge in [0.2, 0.25) is 0 Å². The zero-order valence-electron chi connectivity index (χ0n) is 9.62. The van der Waals surface area contributed by atoms with Crippen LogP contribution in [0.5, 0.6) is 0 Å². The van der Waals surface area contributed by atoms with E-state index in [1.807, 2.05) is 0 Å². The van der Waals surface area contributed by atoms with Crippen LogP contribution in [0.3, 0.4) is 0 Å². The Morgan fingerprint density at radius 1 is 1.00 bits per heavy atom. The van der Waals surface area contributed by atoms with Crippen LogP contribution in [-0.2, 0) is 0 Å². The summed E-state index contributed by atoms with van der Waals surface area (Å²) < 4.78 is 0. The summed E-state index contributed by atoms with van der Waals surface area (Å²) in [4.78, 5) is 2.60. The number of hydrogen-bond acceptors (Lipinski definition) is 3. The fourth-order valence-corrected chi connectivity index (χ4v) is 2.78. The zero-order valence-corrected chi connectivity index (χ0v) is 9.62. The number of rotatable bonds is 3. The molecule has 0 spiro atoms. The molecule has 2 aliphatic rings. The van der Waals surface area contributed by atoms with Gasteiger partial charge in [-0.25, -0.2) is 0 Å². The first-order valence-corrected chi connectivity index (χ1v) is 6.42. The number of piperidine rings is 2. The van der Waals surface area contributed by atoms with E-state index < -0.39 is 0 Å². The Kier molecular flexibility index (Phi) is 4.42. The van der Waals surface area contributed by atoms with E-state index in [9.17, 15) is 0 Å². The van der Waals surface area contributed by atoms with Gasteiger partial charge in [-0.05, 0) is 63.7 Å². The highest BCUT2D eigenvalue weighted by atomic mass is 16.3. The zero-order chi connectivity index (χ0) is 10.5. The Hall–Kier alpha value is -0.120. The van der Waals surface area contributed by atoms with Crippen molar-refractivity contribution in [2.45, 2.75) is 25.7 Å². The topological polar surface area (TPSA) is 35.5 Å². The molecule has 2 N–H and O–H groups in total. The summed E-state index contributed by atoms with van der Waals surface area (Å²) in [6.45, 7) is 6.50. The van der Waals surface area contributed by atoms with Crippen molar-refractivity contribution in [3.05, 3.63) is 0 Å². The highest BCUT2D eigenvalue weighted by Crippen LogP contribution is 2.20. The number of aliphatic hydroxyl groups excluding tert-OH is 1. The molecule has 0 saturated carbocycles. The Morgan fingerprint density at radius 3 is 2.27 bits per heavy atom. The van der Waals surface area contributed by atoms with Crippen LogP contribution in [0.15, 0.2) is 0 Å². The van der Waals surface area contributed by atoms with E-state index in [2.05, 4.69) is 10.2 Å². The second-order valence-corrected chi connectivity index (χ2v) is 5.12. The minimum Gasteiger partial charge on any atom is -0.396 e. The first-order chi connectivity index (χ1) is 7.38. The molecule has 2 aliphatic heterocycles. The molecule has 0 aromatic heterocycles. The van der Waals surface area contributed by atoms with E-state index in [0.717, 1.165) is 5.92 Å². The molecule has 0 radical (unpaired) electrons. The van der Waals surface area contributed by atoms with Crippen molar-refractivity contribution in [3.8, 4) is 0 Å². The number of aliphatic hydroxyl groups is 1. The summed E-state index contributed by atoms with van der Waals surface area (Å²) in [6.07, 6.45) is 5.09. The third-order valence-electron chi connectivity index (χ3n) is 3.94. The third-order valence-corrected chi connectivity index (χ3v) is 3.94. The number of likely N-dealkylation sites (tertiary alicyclic amines) is 1. The standard InChI is InChI=1S/C12H24N2O/c15-10-12-3-7-14(8-4-12)9-11-1-5-13-6-2-11/h11-13,15H,1-10H2. The molecule has 15 heavy (non-hydrogen) atoms. The van der Waals surface area contributed by atoms with Gasteiger partial charge in [-0.2, -0.15) is 0 Å². The summed E-state index contributed by atoms with van der Waals surface area (Å²) in [7, 11) is 0. The van der Waals surface area contributed by atoms with Crippen molar-refractivity contribution < 1.29 is 5.11 Å². The first-order valence-electron chi connectivity index (χ1n) is 6.42. The van der Waals surface area contributed by atoms with Crippen molar-refractivity contribution in [1.29, 1.82) is 0 Å². The Labute approximate surface area is 92.8 Å². The maximum atomic E-state index is 9.07. The van der Waals surface area contributed by atoms with Crippen LogP contribution in [0.25, 0.3) is 0 Å². The molecule has 0 atom stereocenters. The van der Waals surface area contributed by atoms with Gasteiger partial charge in [0.15, 0.2) is 0 Å². The predicted molar refractivity (Wildman–Crippen MR) is 61.8 cm³/mol. The van der Waals surface area contributed by atoms with Crippen molar-refractivity contribution in [1.82, 2.24) is 10.2 Å². The van der Waals surface area contributed by atoms with Gasteiger partial charge >= 0.3 is 0 Å². The Balaban J connectivity index is 1.67. The van der Waals surface area contributed by atoms with Gasteiger partial charge < -0.3 is 15.3 Å². The second kappa shape index (κ2) is 5.83. The molecule has 3 heteroatoms. The predicted octanol–water partition coefficient (Wildman–Crippen LogP) is 0.690. The van der Waals surface area contributed by atoms with Crippen molar-refractivity contribution in [3.63, 3.8) is 0 Å². The molecule has 2 fully saturated rings. The number of nitrogens with zero attached hydrogens (tertiary/aromatic N) is 1. The third kappa shape index (κ3) is 3.44. The van der Waals surface area contributed by atoms with E-state index in [4.69, 9.17) is 5.11 Å². The van der Waals surface area contributed by atoms with Crippen LogP contribution in [0.4, 0.5) is 0 Å². The summed E-state index contributed by atoms with van der Waals surface area (Å²) in [5.41, 5.74) is 0. The molecule has 0 aromatic carbocycles. The van der Waals surface area contributed by atoms with Gasteiger partial charge in [0.25, 0.3) is 0 Å².